The Hall–Kier alpha value is -2.71. The zero-order valence-corrected chi connectivity index (χ0v) is 18.9. The van der Waals surface area contributed by atoms with Crippen LogP contribution >= 0.6 is 0 Å². The van der Waals surface area contributed by atoms with Gasteiger partial charge in [0.15, 0.2) is 17.6 Å². The first kappa shape index (κ1) is 22.5. The number of morpholine rings is 1. The lowest BCUT2D eigenvalue weighted by Gasteiger charge is -2.35. The Balaban J connectivity index is 1.36. The van der Waals surface area contributed by atoms with Crippen LogP contribution in [0.25, 0.3) is 0 Å². The summed E-state index contributed by atoms with van der Waals surface area (Å²) in [6.45, 7) is 7.67. The number of ether oxygens (including phenoxy) is 1. The van der Waals surface area contributed by atoms with Crippen LogP contribution in [0, 0.1) is 12.7 Å². The van der Waals surface area contributed by atoms with Gasteiger partial charge in [0.1, 0.15) is 0 Å². The smallest absolute Gasteiger partial charge is 0.191 e. The maximum absolute atomic E-state index is 14.1. The molecule has 3 heterocycles. The molecular weight excluding hydrogens is 407 g/mol. The number of nitrogens with zero attached hydrogens (tertiary/aromatic N) is 4. The highest BCUT2D eigenvalue weighted by molar-refractivity contribution is 5.80. The highest BCUT2D eigenvalue weighted by Crippen LogP contribution is 2.23. The summed E-state index contributed by atoms with van der Waals surface area (Å²) in [5.41, 5.74) is 2.55. The van der Waals surface area contributed by atoms with Gasteiger partial charge in [-0.3, -0.25) is 9.89 Å². The van der Waals surface area contributed by atoms with Crippen LogP contribution in [-0.4, -0.2) is 74.9 Å². The van der Waals surface area contributed by atoms with Gasteiger partial charge in [-0.15, -0.1) is 0 Å². The number of hydrogen-bond donors (Lipinski definition) is 2. The third-order valence-corrected chi connectivity index (χ3v) is 6.20. The van der Waals surface area contributed by atoms with Crippen LogP contribution in [0.5, 0.6) is 0 Å². The van der Waals surface area contributed by atoms with E-state index in [9.17, 15) is 4.39 Å². The van der Waals surface area contributed by atoms with Gasteiger partial charge in [-0.25, -0.2) is 9.37 Å². The van der Waals surface area contributed by atoms with Crippen molar-refractivity contribution in [1.29, 1.82) is 0 Å². The molecule has 2 aliphatic rings. The van der Waals surface area contributed by atoms with Crippen LogP contribution < -0.4 is 15.5 Å². The van der Waals surface area contributed by atoms with Gasteiger partial charge in [0, 0.05) is 52.0 Å². The summed E-state index contributed by atoms with van der Waals surface area (Å²) in [4.78, 5) is 13.1. The third kappa shape index (κ3) is 5.55. The Morgan fingerprint density at radius 3 is 2.72 bits per heavy atom. The number of aliphatic imine (C=N–C) groups is 1. The van der Waals surface area contributed by atoms with Crippen LogP contribution in [0.15, 0.2) is 47.6 Å². The molecule has 2 atom stereocenters. The zero-order chi connectivity index (χ0) is 22.3. The molecule has 1 aromatic heterocycles. The average molecular weight is 441 g/mol. The molecule has 0 radical (unpaired) electrons. The number of pyridine rings is 1. The number of nitrogens with one attached hydrogen (secondary N) is 2. The molecule has 172 valence electrons. The summed E-state index contributed by atoms with van der Waals surface area (Å²) in [7, 11) is 1.79. The molecule has 4 rings (SSSR count). The van der Waals surface area contributed by atoms with Gasteiger partial charge in [-0.05, 0) is 31.0 Å². The second-order valence-corrected chi connectivity index (χ2v) is 8.41. The van der Waals surface area contributed by atoms with Crippen molar-refractivity contribution in [1.82, 2.24) is 20.5 Å². The van der Waals surface area contributed by atoms with E-state index in [2.05, 4.69) is 56.7 Å². The van der Waals surface area contributed by atoms with Gasteiger partial charge in [0.2, 0.25) is 0 Å². The minimum atomic E-state index is -0.276. The van der Waals surface area contributed by atoms with E-state index in [1.807, 2.05) is 4.90 Å². The lowest BCUT2D eigenvalue weighted by atomic mass is 10.0. The summed E-state index contributed by atoms with van der Waals surface area (Å²) < 4.78 is 19.7. The number of anilines is 1. The first-order valence-electron chi connectivity index (χ1n) is 11.3. The lowest BCUT2D eigenvalue weighted by Crippen LogP contribution is -2.49. The van der Waals surface area contributed by atoms with Crippen LogP contribution in [0.1, 0.15) is 23.6 Å². The minimum Gasteiger partial charge on any atom is -0.379 e. The summed E-state index contributed by atoms with van der Waals surface area (Å²) in [6, 6.07) is 12.3. The fraction of sp³-hybridized carbons (Fsp3) is 0.500. The fourth-order valence-corrected chi connectivity index (χ4v) is 4.40. The second kappa shape index (κ2) is 10.7. The number of aryl methyl sites for hydroxylation is 1. The summed E-state index contributed by atoms with van der Waals surface area (Å²) in [5.74, 6) is 0.914. The maximum atomic E-state index is 14.1. The maximum Gasteiger partial charge on any atom is 0.191 e. The SMILES string of the molecule is CN=C(NCC(c1ccc(C)cc1)N1CCOCC1)NC1CCN(c2ncccc2F)C1. The van der Waals surface area contributed by atoms with E-state index in [-0.39, 0.29) is 17.9 Å². The number of halogens is 1. The quantitative estimate of drug-likeness (QED) is 0.531. The second-order valence-electron chi connectivity index (χ2n) is 8.41. The zero-order valence-electron chi connectivity index (χ0n) is 18.9. The molecule has 2 unspecified atom stereocenters. The lowest BCUT2D eigenvalue weighted by molar-refractivity contribution is 0.0170. The molecule has 2 saturated heterocycles. The number of aromatic nitrogens is 1. The van der Waals surface area contributed by atoms with Crippen molar-refractivity contribution in [3.8, 4) is 0 Å². The van der Waals surface area contributed by atoms with Crippen LogP contribution in [0.2, 0.25) is 0 Å². The van der Waals surface area contributed by atoms with Crippen molar-refractivity contribution in [3.63, 3.8) is 0 Å². The molecule has 2 aliphatic heterocycles. The van der Waals surface area contributed by atoms with E-state index in [0.29, 0.717) is 12.4 Å². The molecule has 0 saturated carbocycles. The van der Waals surface area contributed by atoms with Gasteiger partial charge < -0.3 is 20.3 Å². The number of guanidine groups is 1. The first-order valence-corrected chi connectivity index (χ1v) is 11.3. The molecule has 32 heavy (non-hydrogen) atoms. The summed E-state index contributed by atoms with van der Waals surface area (Å²) in [6.07, 6.45) is 2.54. The van der Waals surface area contributed by atoms with E-state index in [4.69, 9.17) is 4.74 Å². The standard InChI is InChI=1S/C24H33FN6O/c1-18-5-7-19(8-6-18)22(30-12-14-32-15-13-30)16-28-24(26-2)29-20-9-11-31(17-20)23-21(25)4-3-10-27-23/h3-8,10,20,22H,9,11-17H2,1-2H3,(H2,26,28,29). The molecule has 8 heteroatoms. The van der Waals surface area contributed by atoms with Gasteiger partial charge in [-0.1, -0.05) is 29.8 Å². The molecule has 2 N–H and O–H groups in total. The Morgan fingerprint density at radius 2 is 2.00 bits per heavy atom. The molecule has 1 aromatic carbocycles. The molecule has 0 amide bonds. The van der Waals surface area contributed by atoms with E-state index >= 15 is 0 Å². The monoisotopic (exact) mass is 440 g/mol. The van der Waals surface area contributed by atoms with E-state index in [0.717, 1.165) is 51.8 Å². The summed E-state index contributed by atoms with van der Waals surface area (Å²) >= 11 is 0. The molecule has 2 aromatic rings. The fourth-order valence-electron chi connectivity index (χ4n) is 4.40. The van der Waals surface area contributed by atoms with Gasteiger partial charge >= 0.3 is 0 Å². The largest absolute Gasteiger partial charge is 0.379 e. The highest BCUT2D eigenvalue weighted by Gasteiger charge is 2.27. The number of benzene rings is 1. The third-order valence-electron chi connectivity index (χ3n) is 6.20. The molecule has 0 aliphatic carbocycles. The first-order chi connectivity index (χ1) is 15.6. The minimum absolute atomic E-state index is 0.184. The van der Waals surface area contributed by atoms with Gasteiger partial charge in [0.05, 0.1) is 19.3 Å². The number of hydrogen-bond acceptors (Lipinski definition) is 5. The highest BCUT2D eigenvalue weighted by atomic mass is 19.1. The Labute approximate surface area is 189 Å². The van der Waals surface area contributed by atoms with Gasteiger partial charge in [0.25, 0.3) is 0 Å². The molecule has 0 spiro atoms. The molecule has 2 fully saturated rings. The van der Waals surface area contributed by atoms with Crippen molar-refractivity contribution < 1.29 is 9.13 Å². The van der Waals surface area contributed by atoms with Gasteiger partial charge in [-0.2, -0.15) is 0 Å². The van der Waals surface area contributed by atoms with E-state index in [1.165, 1.54) is 17.2 Å². The Kier molecular flexibility index (Phi) is 7.55. The topological polar surface area (TPSA) is 65.0 Å². The van der Waals surface area contributed by atoms with E-state index < -0.39 is 0 Å². The Bertz CT molecular complexity index is 900. The summed E-state index contributed by atoms with van der Waals surface area (Å²) in [5, 5.41) is 7.03. The Morgan fingerprint density at radius 1 is 1.22 bits per heavy atom. The van der Waals surface area contributed by atoms with Crippen molar-refractivity contribution >= 4 is 11.8 Å². The average Bonchev–Trinajstić information content (AvgIpc) is 3.29. The predicted octanol–water partition coefficient (Wildman–Crippen LogP) is 2.35. The molecular formula is C24H33FN6O. The molecule has 0 bridgehead atoms. The number of rotatable bonds is 6. The molecule has 7 nitrogen and oxygen atoms in total. The normalized spacial score (nSPS) is 20.9. The van der Waals surface area contributed by atoms with Crippen molar-refractivity contribution in [2.24, 2.45) is 4.99 Å². The van der Waals surface area contributed by atoms with Crippen molar-refractivity contribution in [2.75, 3.05) is 57.9 Å². The van der Waals surface area contributed by atoms with Crippen LogP contribution in [0.4, 0.5) is 10.2 Å². The predicted molar refractivity (Wildman–Crippen MR) is 126 cm³/mol. The van der Waals surface area contributed by atoms with E-state index in [1.54, 1.807) is 19.3 Å². The van der Waals surface area contributed by atoms with Crippen LogP contribution in [0.3, 0.4) is 0 Å². The van der Waals surface area contributed by atoms with Crippen LogP contribution in [-0.2, 0) is 4.74 Å². The van der Waals surface area contributed by atoms with Crippen molar-refractivity contribution in [3.05, 3.63) is 59.5 Å². The van der Waals surface area contributed by atoms with Crippen molar-refractivity contribution in [2.45, 2.75) is 25.4 Å².